The van der Waals surface area contributed by atoms with Gasteiger partial charge in [-0.15, -0.1) is 0 Å². The Morgan fingerprint density at radius 2 is 2.17 bits per heavy atom. The second kappa shape index (κ2) is 6.20. The molecule has 0 atom stereocenters. The monoisotopic (exact) mass is 345 g/mol. The van der Waals surface area contributed by atoms with E-state index < -0.39 is 4.92 Å². The summed E-state index contributed by atoms with van der Waals surface area (Å²) in [5.41, 5.74) is 0.355. The third kappa shape index (κ3) is 3.01. The van der Waals surface area contributed by atoms with Crippen molar-refractivity contribution >= 4 is 34.6 Å². The number of nitrogens with one attached hydrogen (secondary N) is 2. The van der Waals surface area contributed by atoms with E-state index in [4.69, 9.17) is 14.6 Å². The van der Waals surface area contributed by atoms with Gasteiger partial charge in [-0.2, -0.15) is 0 Å². The third-order valence-corrected chi connectivity index (χ3v) is 4.05. The topological polar surface area (TPSA) is 118 Å². The van der Waals surface area contributed by atoms with Gasteiger partial charge in [-0.05, 0) is 30.0 Å². The van der Waals surface area contributed by atoms with Crippen LogP contribution in [0, 0.1) is 15.5 Å². The molecule has 1 saturated heterocycles. The molecule has 1 aliphatic heterocycles. The van der Waals surface area contributed by atoms with Crippen molar-refractivity contribution in [2.75, 3.05) is 7.11 Å². The van der Waals surface area contributed by atoms with Crippen LogP contribution in [-0.2, 0) is 4.79 Å². The van der Waals surface area contributed by atoms with Gasteiger partial charge in [-0.25, -0.2) is 0 Å². The fraction of sp³-hybridized carbons (Fsp3) is 0.0667. The first-order valence-corrected chi connectivity index (χ1v) is 7.51. The summed E-state index contributed by atoms with van der Waals surface area (Å²) in [7, 11) is 1.46. The van der Waals surface area contributed by atoms with Crippen LogP contribution in [0.3, 0.4) is 0 Å². The molecule has 1 amide bonds. The summed E-state index contributed by atoms with van der Waals surface area (Å²) >= 11 is 0.997. The van der Waals surface area contributed by atoms with Crippen molar-refractivity contribution in [3.8, 4) is 17.1 Å². The molecule has 1 aromatic heterocycles. The Labute approximate surface area is 140 Å². The molecule has 0 unspecified atom stereocenters. The largest absolute Gasteiger partial charge is 0.496 e. The molecule has 8 nitrogen and oxygen atoms in total. The lowest BCUT2D eigenvalue weighted by Gasteiger charge is -2.05. The molecule has 3 rings (SSSR count). The Balaban J connectivity index is 1.97. The maximum atomic E-state index is 11.6. The molecule has 1 fully saturated rings. The summed E-state index contributed by atoms with van der Waals surface area (Å²) in [6, 6.07) is 7.48. The highest BCUT2D eigenvalue weighted by molar-refractivity contribution is 8.18. The molecule has 2 heterocycles. The average molecular weight is 345 g/mol. The van der Waals surface area contributed by atoms with E-state index in [1.54, 1.807) is 12.1 Å². The van der Waals surface area contributed by atoms with Crippen molar-refractivity contribution in [1.29, 1.82) is 5.41 Å². The van der Waals surface area contributed by atoms with Crippen LogP contribution < -0.4 is 10.1 Å². The standard InChI is InChI=1S/C15H11N3O5S/c1-22-11-4-2-8(18(20)21)6-10(11)12-5-3-9(23-12)7-13-14(19)17-15(16)24-13/h2-7H,1H3,(H2,16,17,19)/b13-7+. The maximum absolute atomic E-state index is 11.6. The molecule has 0 bridgehead atoms. The number of thioether (sulfide) groups is 1. The van der Waals surface area contributed by atoms with Crippen LogP contribution in [-0.4, -0.2) is 23.1 Å². The van der Waals surface area contributed by atoms with E-state index in [1.807, 2.05) is 0 Å². The number of amides is 1. The fourth-order valence-electron chi connectivity index (χ4n) is 2.15. The van der Waals surface area contributed by atoms with Crippen molar-refractivity contribution in [1.82, 2.24) is 5.32 Å². The van der Waals surface area contributed by atoms with Gasteiger partial charge in [0.15, 0.2) is 5.17 Å². The van der Waals surface area contributed by atoms with Gasteiger partial charge >= 0.3 is 0 Å². The Hall–Kier alpha value is -3.07. The zero-order valence-electron chi connectivity index (χ0n) is 12.4. The summed E-state index contributed by atoms with van der Waals surface area (Å²) in [6.07, 6.45) is 1.51. The summed E-state index contributed by atoms with van der Waals surface area (Å²) in [5.74, 6) is 0.839. The molecule has 0 spiro atoms. The van der Waals surface area contributed by atoms with E-state index in [9.17, 15) is 14.9 Å². The highest BCUT2D eigenvalue weighted by Gasteiger charge is 2.23. The number of amidine groups is 1. The Kier molecular flexibility index (Phi) is 4.09. The molecule has 0 aliphatic carbocycles. The third-order valence-electron chi connectivity index (χ3n) is 3.22. The minimum absolute atomic E-state index is 0.0541. The van der Waals surface area contributed by atoms with Crippen molar-refractivity contribution < 1.29 is 18.9 Å². The average Bonchev–Trinajstić information content (AvgIpc) is 3.13. The van der Waals surface area contributed by atoms with Gasteiger partial charge < -0.3 is 14.5 Å². The molecular formula is C15H11N3O5S. The summed E-state index contributed by atoms with van der Waals surface area (Å²) in [6.45, 7) is 0. The highest BCUT2D eigenvalue weighted by Crippen LogP contribution is 2.35. The van der Waals surface area contributed by atoms with Gasteiger partial charge in [-0.3, -0.25) is 20.3 Å². The predicted octanol–water partition coefficient (Wildman–Crippen LogP) is 3.00. The van der Waals surface area contributed by atoms with Gasteiger partial charge in [-0.1, -0.05) is 0 Å². The lowest BCUT2D eigenvalue weighted by molar-refractivity contribution is -0.384. The number of carbonyl (C=O) groups is 1. The van der Waals surface area contributed by atoms with Crippen LogP contribution in [0.5, 0.6) is 5.75 Å². The van der Waals surface area contributed by atoms with Gasteiger partial charge in [0.2, 0.25) is 0 Å². The van der Waals surface area contributed by atoms with Crippen LogP contribution in [0.25, 0.3) is 17.4 Å². The van der Waals surface area contributed by atoms with Crippen molar-refractivity contribution in [3.63, 3.8) is 0 Å². The number of ether oxygens (including phenoxy) is 1. The minimum atomic E-state index is -0.500. The smallest absolute Gasteiger partial charge is 0.270 e. The lowest BCUT2D eigenvalue weighted by atomic mass is 10.1. The normalized spacial score (nSPS) is 15.6. The molecule has 24 heavy (non-hydrogen) atoms. The molecule has 1 aliphatic rings. The second-order valence-corrected chi connectivity index (χ2v) is 5.79. The van der Waals surface area contributed by atoms with Crippen LogP contribution in [0.15, 0.2) is 39.7 Å². The van der Waals surface area contributed by atoms with Crippen LogP contribution in [0.1, 0.15) is 5.76 Å². The molecule has 2 aromatic rings. The van der Waals surface area contributed by atoms with Crippen molar-refractivity contribution in [2.24, 2.45) is 0 Å². The number of nitrogens with zero attached hydrogens (tertiary/aromatic N) is 1. The van der Waals surface area contributed by atoms with E-state index >= 15 is 0 Å². The fourth-order valence-corrected chi connectivity index (χ4v) is 2.83. The molecule has 0 saturated carbocycles. The van der Waals surface area contributed by atoms with Crippen LogP contribution >= 0.6 is 11.8 Å². The van der Waals surface area contributed by atoms with Gasteiger partial charge in [0.25, 0.3) is 11.6 Å². The molecule has 2 N–H and O–H groups in total. The zero-order chi connectivity index (χ0) is 17.3. The zero-order valence-corrected chi connectivity index (χ0v) is 13.2. The highest BCUT2D eigenvalue weighted by atomic mass is 32.2. The van der Waals surface area contributed by atoms with Gasteiger partial charge in [0, 0.05) is 18.2 Å². The SMILES string of the molecule is COc1ccc([N+](=O)[O-])cc1-c1ccc(/C=C2/SC(=N)NC2=O)o1. The van der Waals surface area contributed by atoms with Crippen molar-refractivity contribution in [2.45, 2.75) is 0 Å². The van der Waals surface area contributed by atoms with E-state index in [0.29, 0.717) is 27.7 Å². The lowest BCUT2D eigenvalue weighted by Crippen LogP contribution is -2.18. The Bertz CT molecular complexity index is 887. The van der Waals surface area contributed by atoms with Gasteiger partial charge in [0.1, 0.15) is 17.3 Å². The molecule has 9 heteroatoms. The molecule has 1 aromatic carbocycles. The van der Waals surface area contributed by atoms with Crippen LogP contribution in [0.2, 0.25) is 0 Å². The minimum Gasteiger partial charge on any atom is -0.496 e. The Morgan fingerprint density at radius 1 is 1.38 bits per heavy atom. The van der Waals surface area contributed by atoms with Gasteiger partial charge in [0.05, 0.1) is 22.5 Å². The molecule has 122 valence electrons. The van der Waals surface area contributed by atoms with E-state index in [0.717, 1.165) is 11.8 Å². The summed E-state index contributed by atoms with van der Waals surface area (Å²) in [4.78, 5) is 22.4. The molecule has 0 radical (unpaired) electrons. The second-order valence-electron chi connectivity index (χ2n) is 4.74. The van der Waals surface area contributed by atoms with E-state index in [2.05, 4.69) is 5.32 Å². The first-order valence-electron chi connectivity index (χ1n) is 6.70. The maximum Gasteiger partial charge on any atom is 0.270 e. The number of hydrogen-bond acceptors (Lipinski definition) is 7. The first-order chi connectivity index (χ1) is 11.5. The number of benzene rings is 1. The first kappa shape index (κ1) is 15.8. The summed E-state index contributed by atoms with van der Waals surface area (Å²) < 4.78 is 10.9. The van der Waals surface area contributed by atoms with Crippen molar-refractivity contribution in [3.05, 3.63) is 51.1 Å². The van der Waals surface area contributed by atoms with Crippen LogP contribution in [0.4, 0.5) is 5.69 Å². The van der Waals surface area contributed by atoms with E-state index in [-0.39, 0.29) is 16.8 Å². The predicted molar refractivity (Wildman–Crippen MR) is 88.8 cm³/mol. The number of furan rings is 1. The Morgan fingerprint density at radius 3 is 2.79 bits per heavy atom. The number of nitro groups is 1. The number of nitro benzene ring substituents is 1. The quantitative estimate of drug-likeness (QED) is 0.499. The number of carbonyl (C=O) groups excluding carboxylic acids is 1. The number of hydrogen-bond donors (Lipinski definition) is 2. The number of non-ortho nitro benzene ring substituents is 1. The summed E-state index contributed by atoms with van der Waals surface area (Å²) in [5, 5.41) is 20.8. The van der Waals surface area contributed by atoms with E-state index in [1.165, 1.54) is 31.4 Å². The number of methoxy groups -OCH3 is 1. The molecular weight excluding hydrogens is 334 g/mol. The number of rotatable bonds is 4.